The van der Waals surface area contributed by atoms with Gasteiger partial charge in [0.25, 0.3) is 0 Å². The predicted octanol–water partition coefficient (Wildman–Crippen LogP) is 12.0. The van der Waals surface area contributed by atoms with Crippen LogP contribution < -0.4 is 0 Å². The van der Waals surface area contributed by atoms with Crippen molar-refractivity contribution in [2.45, 2.75) is 187 Å². The van der Waals surface area contributed by atoms with Gasteiger partial charge in [0.2, 0.25) is 0 Å². The molecule has 320 valence electrons. The minimum Gasteiger partial charge on any atom is -0.457 e. The van der Waals surface area contributed by atoms with Gasteiger partial charge in [0, 0.05) is 13.0 Å². The van der Waals surface area contributed by atoms with Crippen LogP contribution in [0.15, 0.2) is 60.8 Å². The van der Waals surface area contributed by atoms with E-state index in [1.165, 1.54) is 64.2 Å². The molecule has 0 aromatic carbocycles. The zero-order valence-corrected chi connectivity index (χ0v) is 35.8. The molecule has 0 aliphatic heterocycles. The Hall–Kier alpha value is -1.84. The minimum atomic E-state index is -4.52. The zero-order chi connectivity index (χ0) is 40.3. The first-order valence-electron chi connectivity index (χ1n) is 21.8. The smallest absolute Gasteiger partial charge is 0.457 e. The lowest BCUT2D eigenvalue weighted by Gasteiger charge is -2.20. The van der Waals surface area contributed by atoms with Gasteiger partial charge in [-0.05, 0) is 77.0 Å². The van der Waals surface area contributed by atoms with E-state index in [1.807, 2.05) is 0 Å². The molecule has 3 unspecified atom stereocenters. The second kappa shape index (κ2) is 41.8. The number of phosphoric ester groups is 1. The van der Waals surface area contributed by atoms with Crippen LogP contribution in [-0.4, -0.2) is 66.3 Å². The molecule has 0 bridgehead atoms. The number of unbranched alkanes of at least 4 members (excludes halogenated alkanes) is 17. The van der Waals surface area contributed by atoms with Crippen LogP contribution in [0.25, 0.3) is 0 Å². The number of hydrogen-bond acceptors (Lipinski definition) is 8. The van der Waals surface area contributed by atoms with Crippen molar-refractivity contribution in [3.63, 3.8) is 0 Å². The molecule has 0 spiro atoms. The number of aliphatic hydroxyl groups excluding tert-OH is 2. The molecule has 9 nitrogen and oxygen atoms in total. The molecule has 0 saturated carbocycles. The first-order chi connectivity index (χ1) is 26.8. The number of aliphatic hydroxyl groups is 2. The lowest BCUT2D eigenvalue weighted by Crippen LogP contribution is -2.29. The third kappa shape index (κ3) is 41.6. The molecule has 3 atom stereocenters. The van der Waals surface area contributed by atoms with E-state index in [-0.39, 0.29) is 19.6 Å². The molecule has 0 fully saturated rings. The quantitative estimate of drug-likeness (QED) is 0.0239. The Morgan fingerprint density at radius 3 is 1.58 bits per heavy atom. The summed E-state index contributed by atoms with van der Waals surface area (Å²) in [7, 11) is -4.52. The van der Waals surface area contributed by atoms with Crippen LogP contribution in [0.4, 0.5) is 0 Å². The normalized spacial score (nSPS) is 14.6. The van der Waals surface area contributed by atoms with Gasteiger partial charge >= 0.3 is 13.8 Å². The van der Waals surface area contributed by atoms with E-state index in [9.17, 15) is 19.4 Å². The summed E-state index contributed by atoms with van der Waals surface area (Å²) in [5.74, 6) is -0.398. The van der Waals surface area contributed by atoms with Crippen molar-refractivity contribution in [3.8, 4) is 0 Å². The summed E-state index contributed by atoms with van der Waals surface area (Å²) in [5, 5.41) is 18.3. The van der Waals surface area contributed by atoms with Gasteiger partial charge in [-0.1, -0.05) is 152 Å². The number of carbonyl (C=O) groups excluding carboxylic acids is 1. The number of hydrogen-bond donors (Lipinski definition) is 3. The maximum atomic E-state index is 12.6. The number of esters is 1. The largest absolute Gasteiger partial charge is 0.472 e. The highest BCUT2D eigenvalue weighted by atomic mass is 31.2. The minimum absolute atomic E-state index is 0.0363. The van der Waals surface area contributed by atoms with Gasteiger partial charge in [-0.25, -0.2) is 4.57 Å². The van der Waals surface area contributed by atoms with Gasteiger partial charge < -0.3 is 24.6 Å². The van der Waals surface area contributed by atoms with Crippen LogP contribution >= 0.6 is 7.82 Å². The average molecular weight is 797 g/mol. The number of phosphoric acid groups is 1. The third-order valence-corrected chi connectivity index (χ3v) is 9.89. The average Bonchev–Trinajstić information content (AvgIpc) is 3.18. The van der Waals surface area contributed by atoms with Crippen molar-refractivity contribution < 1.29 is 43.0 Å². The molecule has 0 radical (unpaired) electrons. The second-order valence-electron chi connectivity index (χ2n) is 14.3. The molecule has 0 heterocycles. The van der Waals surface area contributed by atoms with E-state index in [4.69, 9.17) is 23.6 Å². The zero-order valence-electron chi connectivity index (χ0n) is 34.9. The molecular weight excluding hydrogens is 715 g/mol. The van der Waals surface area contributed by atoms with Crippen molar-refractivity contribution in [1.82, 2.24) is 0 Å². The molecule has 0 amide bonds. The van der Waals surface area contributed by atoms with E-state index in [0.29, 0.717) is 13.0 Å². The van der Waals surface area contributed by atoms with Crippen molar-refractivity contribution >= 4 is 13.8 Å². The van der Waals surface area contributed by atoms with Gasteiger partial charge in [0.15, 0.2) is 0 Å². The second-order valence-corrected chi connectivity index (χ2v) is 15.8. The Morgan fingerprint density at radius 2 is 1.04 bits per heavy atom. The summed E-state index contributed by atoms with van der Waals surface area (Å²) in [5.41, 5.74) is 0. The molecule has 10 heteroatoms. The summed E-state index contributed by atoms with van der Waals surface area (Å²) in [6.07, 6.45) is 47.5. The van der Waals surface area contributed by atoms with Crippen LogP contribution in [0.1, 0.15) is 174 Å². The van der Waals surface area contributed by atoms with E-state index < -0.39 is 39.2 Å². The Balaban J connectivity index is 4.19. The van der Waals surface area contributed by atoms with Crippen molar-refractivity contribution in [2.24, 2.45) is 0 Å². The maximum Gasteiger partial charge on any atom is 0.472 e. The predicted molar refractivity (Wildman–Crippen MR) is 228 cm³/mol. The standard InChI is InChI=1S/C45H81O9P/c1-3-5-7-9-11-13-15-17-19-20-21-22-23-24-26-28-30-32-34-36-38-51-41-44(42-53-55(49,50)52-40-43(47)39-46)54-45(48)37-35-33-31-29-27-25-18-16-14-12-10-8-6-4-2/h5,7,11,13,16-19,21-22,43-44,46-47H,3-4,6,8-10,12,14-15,20,23-42H2,1-2H3,(H,49,50)/b7-5-,13-11-,18-16-,19-17-,22-21-. The molecule has 0 aliphatic carbocycles. The first-order valence-corrected chi connectivity index (χ1v) is 23.3. The number of carbonyl (C=O) groups is 1. The van der Waals surface area contributed by atoms with E-state index in [0.717, 1.165) is 83.5 Å². The Labute approximate surface area is 336 Å². The van der Waals surface area contributed by atoms with E-state index >= 15 is 0 Å². The van der Waals surface area contributed by atoms with E-state index in [1.54, 1.807) is 0 Å². The highest BCUT2D eigenvalue weighted by Crippen LogP contribution is 2.43. The first kappa shape index (κ1) is 53.2. The van der Waals surface area contributed by atoms with Gasteiger partial charge in [-0.3, -0.25) is 13.8 Å². The molecule has 3 N–H and O–H groups in total. The van der Waals surface area contributed by atoms with E-state index in [2.05, 4.69) is 74.6 Å². The molecule has 0 aliphatic rings. The monoisotopic (exact) mass is 797 g/mol. The lowest BCUT2D eigenvalue weighted by atomic mass is 10.1. The number of allylic oxidation sites excluding steroid dienone is 10. The van der Waals surface area contributed by atoms with Crippen molar-refractivity contribution in [3.05, 3.63) is 60.8 Å². The topological polar surface area (TPSA) is 132 Å². The van der Waals surface area contributed by atoms with Crippen LogP contribution in [0.5, 0.6) is 0 Å². The van der Waals surface area contributed by atoms with Gasteiger partial charge in [0.05, 0.1) is 26.4 Å². The Morgan fingerprint density at radius 1 is 0.582 bits per heavy atom. The number of ether oxygens (including phenoxy) is 2. The number of rotatable bonds is 41. The maximum absolute atomic E-state index is 12.6. The fourth-order valence-electron chi connectivity index (χ4n) is 5.63. The van der Waals surface area contributed by atoms with Crippen LogP contribution in [0.2, 0.25) is 0 Å². The molecule has 0 aromatic rings. The Kier molecular flexibility index (Phi) is 40.4. The molecule has 0 saturated heterocycles. The van der Waals surface area contributed by atoms with Gasteiger partial charge in [-0.15, -0.1) is 0 Å². The third-order valence-electron chi connectivity index (χ3n) is 8.94. The highest BCUT2D eigenvalue weighted by Gasteiger charge is 2.26. The Bertz CT molecular complexity index is 1040. The fraction of sp³-hybridized carbons (Fsp3) is 0.756. The molecule has 55 heavy (non-hydrogen) atoms. The summed E-state index contributed by atoms with van der Waals surface area (Å²) in [6, 6.07) is 0. The van der Waals surface area contributed by atoms with Crippen LogP contribution in [0, 0.1) is 0 Å². The summed E-state index contributed by atoms with van der Waals surface area (Å²) < 4.78 is 33.3. The molecular formula is C45H81O9P. The SMILES string of the molecule is CC/C=C\C/C=C\C/C=C\C/C=C\CCCCCCCCCOCC(COP(=O)(O)OCC(O)CO)OC(=O)CCCCCCC/C=C\CCCCCCC. The fourth-order valence-corrected chi connectivity index (χ4v) is 6.42. The lowest BCUT2D eigenvalue weighted by molar-refractivity contribution is -0.154. The molecule has 0 rings (SSSR count). The van der Waals surface area contributed by atoms with Crippen LogP contribution in [-0.2, 0) is 27.9 Å². The van der Waals surface area contributed by atoms with Crippen LogP contribution in [0.3, 0.4) is 0 Å². The summed E-state index contributed by atoms with van der Waals surface area (Å²) in [6.45, 7) is 3.35. The summed E-state index contributed by atoms with van der Waals surface area (Å²) in [4.78, 5) is 22.6. The van der Waals surface area contributed by atoms with Crippen molar-refractivity contribution in [1.29, 1.82) is 0 Å². The van der Waals surface area contributed by atoms with Gasteiger partial charge in [-0.2, -0.15) is 0 Å². The molecule has 0 aromatic heterocycles. The summed E-state index contributed by atoms with van der Waals surface area (Å²) >= 11 is 0. The van der Waals surface area contributed by atoms with Crippen molar-refractivity contribution in [2.75, 3.05) is 33.0 Å². The van der Waals surface area contributed by atoms with Gasteiger partial charge in [0.1, 0.15) is 12.2 Å². The highest BCUT2D eigenvalue weighted by molar-refractivity contribution is 7.47.